The van der Waals surface area contributed by atoms with E-state index in [4.69, 9.17) is 4.74 Å². The second-order valence-corrected chi connectivity index (χ2v) is 8.65. The number of hydrogen-bond acceptors (Lipinski definition) is 5. The van der Waals surface area contributed by atoms with Crippen LogP contribution in [0.5, 0.6) is 0 Å². The summed E-state index contributed by atoms with van der Waals surface area (Å²) in [7, 11) is 1.46. The zero-order chi connectivity index (χ0) is 17.8. The van der Waals surface area contributed by atoms with Crippen molar-refractivity contribution in [2.75, 3.05) is 19.0 Å². The fraction of sp³-hybridized carbons (Fsp3) is 0.571. The third-order valence-corrected chi connectivity index (χ3v) is 8.30. The van der Waals surface area contributed by atoms with Crippen LogP contribution in [0.1, 0.15) is 25.3 Å². The van der Waals surface area contributed by atoms with Gasteiger partial charge < -0.3 is 15.2 Å². The highest BCUT2D eigenvalue weighted by atomic mass is 16.5. The van der Waals surface area contributed by atoms with E-state index in [1.54, 1.807) is 0 Å². The third-order valence-electron chi connectivity index (χ3n) is 8.30. The second-order valence-electron chi connectivity index (χ2n) is 8.65. The Morgan fingerprint density at radius 3 is 3.00 bits per heavy atom. The van der Waals surface area contributed by atoms with Crippen LogP contribution in [0.2, 0.25) is 0 Å². The Hall–Kier alpha value is -1.85. The molecule has 1 aromatic carbocycles. The SMILES string of the molecule is C/C=C1/CN2[C@H]3CC45c6ccccc6N[C@@H]4[C@@H]2CC1C3(C(=O)OC)[C@H]5O. The number of hydrogen-bond donors (Lipinski definition) is 2. The van der Waals surface area contributed by atoms with Gasteiger partial charge in [0.2, 0.25) is 0 Å². The lowest BCUT2D eigenvalue weighted by Gasteiger charge is -2.60. The summed E-state index contributed by atoms with van der Waals surface area (Å²) in [5, 5.41) is 15.6. The first-order valence-electron chi connectivity index (χ1n) is 9.64. The first-order chi connectivity index (χ1) is 12.6. The van der Waals surface area contributed by atoms with Crippen LogP contribution >= 0.6 is 0 Å². The molecule has 1 saturated carbocycles. The number of aliphatic hydroxyl groups excluding tert-OH is 1. The molecule has 8 atom stereocenters. The number of allylic oxidation sites excluding steroid dienone is 1. The molecule has 5 nitrogen and oxygen atoms in total. The van der Waals surface area contributed by atoms with Crippen LogP contribution in [0.4, 0.5) is 5.69 Å². The normalized spacial score (nSPS) is 50.5. The van der Waals surface area contributed by atoms with Crippen molar-refractivity contribution in [1.29, 1.82) is 0 Å². The highest BCUT2D eigenvalue weighted by Gasteiger charge is 2.82. The van der Waals surface area contributed by atoms with E-state index in [0.29, 0.717) is 6.04 Å². The van der Waals surface area contributed by atoms with Crippen LogP contribution in [-0.2, 0) is 14.9 Å². The van der Waals surface area contributed by atoms with Gasteiger partial charge >= 0.3 is 5.97 Å². The number of benzene rings is 1. The van der Waals surface area contributed by atoms with Gasteiger partial charge in [-0.05, 0) is 31.4 Å². The molecule has 7 rings (SSSR count). The van der Waals surface area contributed by atoms with E-state index in [-0.39, 0.29) is 24.0 Å². The predicted octanol–water partition coefficient (Wildman–Crippen LogP) is 1.68. The minimum absolute atomic E-state index is 0.0570. The van der Waals surface area contributed by atoms with Crippen molar-refractivity contribution in [2.24, 2.45) is 11.3 Å². The van der Waals surface area contributed by atoms with Crippen molar-refractivity contribution >= 4 is 11.7 Å². The quantitative estimate of drug-likeness (QED) is 0.595. The van der Waals surface area contributed by atoms with Gasteiger partial charge in [0.25, 0.3) is 0 Å². The zero-order valence-electron chi connectivity index (χ0n) is 15.1. The van der Waals surface area contributed by atoms with Crippen LogP contribution in [-0.4, -0.2) is 53.9 Å². The van der Waals surface area contributed by atoms with Crippen molar-refractivity contribution in [1.82, 2.24) is 4.90 Å². The van der Waals surface area contributed by atoms with Gasteiger partial charge in [-0.25, -0.2) is 0 Å². The molecular formula is C21H24N2O3. The lowest BCUT2D eigenvalue weighted by Crippen LogP contribution is -2.71. The lowest BCUT2D eigenvalue weighted by molar-refractivity contribution is -0.179. The molecule has 0 amide bonds. The van der Waals surface area contributed by atoms with E-state index in [1.807, 2.05) is 12.1 Å². The Kier molecular flexibility index (Phi) is 2.65. The van der Waals surface area contributed by atoms with Gasteiger partial charge in [0.15, 0.2) is 0 Å². The maximum absolute atomic E-state index is 13.2. The number of aliphatic hydroxyl groups is 1. The topological polar surface area (TPSA) is 61.8 Å². The van der Waals surface area contributed by atoms with Crippen molar-refractivity contribution in [3.05, 3.63) is 41.5 Å². The van der Waals surface area contributed by atoms with E-state index in [9.17, 15) is 9.90 Å². The molecule has 1 aromatic rings. The molecule has 2 N–H and O–H groups in total. The molecule has 4 saturated heterocycles. The molecule has 4 unspecified atom stereocenters. The summed E-state index contributed by atoms with van der Waals surface area (Å²) in [6, 6.07) is 8.89. The van der Waals surface area contributed by atoms with E-state index in [1.165, 1.54) is 18.2 Å². The molecule has 5 bridgehead atoms. The number of methoxy groups -OCH3 is 1. The van der Waals surface area contributed by atoms with Crippen molar-refractivity contribution < 1.29 is 14.6 Å². The number of carbonyl (C=O) groups is 1. The number of ether oxygens (including phenoxy) is 1. The zero-order valence-corrected chi connectivity index (χ0v) is 15.1. The van der Waals surface area contributed by atoms with Crippen LogP contribution in [0.15, 0.2) is 35.9 Å². The molecular weight excluding hydrogens is 328 g/mol. The number of carbonyl (C=O) groups excluding carboxylic acids is 1. The Morgan fingerprint density at radius 1 is 1.42 bits per heavy atom. The van der Waals surface area contributed by atoms with E-state index >= 15 is 0 Å². The third kappa shape index (κ3) is 1.28. The minimum Gasteiger partial charge on any atom is -0.468 e. The van der Waals surface area contributed by atoms with Gasteiger partial charge in [-0.1, -0.05) is 29.8 Å². The van der Waals surface area contributed by atoms with Crippen LogP contribution in [0.3, 0.4) is 0 Å². The first kappa shape index (κ1) is 15.2. The van der Waals surface area contributed by atoms with Gasteiger partial charge in [0.1, 0.15) is 5.41 Å². The lowest BCUT2D eigenvalue weighted by atomic mass is 9.58. The molecule has 1 spiro atoms. The molecule has 5 heteroatoms. The Morgan fingerprint density at radius 2 is 2.23 bits per heavy atom. The summed E-state index contributed by atoms with van der Waals surface area (Å²) < 4.78 is 5.34. The molecule has 0 radical (unpaired) electrons. The van der Waals surface area contributed by atoms with E-state index in [2.05, 4.69) is 35.3 Å². The predicted molar refractivity (Wildman–Crippen MR) is 96.7 cm³/mol. The highest BCUT2D eigenvalue weighted by molar-refractivity contribution is 5.84. The highest BCUT2D eigenvalue weighted by Crippen LogP contribution is 2.71. The standard InChI is InChI=1S/C21H24N2O3/c1-3-11-10-23-15-8-13(11)21(19(25)26-2)16(23)9-20(18(21)24)12-6-4-5-7-14(12)22-17(15)20/h3-7,13,15-18,22,24H,8-10H2,1-2H3/b11-3-/t13?,15-,16-,17+,18-,20?,21?/m0/s1. The smallest absolute Gasteiger partial charge is 0.316 e. The van der Waals surface area contributed by atoms with Crippen LogP contribution in [0, 0.1) is 11.3 Å². The van der Waals surface area contributed by atoms with Crippen molar-refractivity contribution in [2.45, 2.75) is 49.4 Å². The fourth-order valence-electron chi connectivity index (χ4n) is 7.49. The fourth-order valence-corrected chi connectivity index (χ4v) is 7.49. The summed E-state index contributed by atoms with van der Waals surface area (Å²) in [6.07, 6.45) is 3.15. The first-order valence-corrected chi connectivity index (χ1v) is 9.64. The summed E-state index contributed by atoms with van der Waals surface area (Å²) >= 11 is 0. The molecule has 6 aliphatic rings. The van der Waals surface area contributed by atoms with Gasteiger partial charge in [-0.2, -0.15) is 0 Å². The number of piperidine rings is 4. The number of para-hydroxylation sites is 1. The summed E-state index contributed by atoms with van der Waals surface area (Å²) in [4.78, 5) is 15.7. The van der Waals surface area contributed by atoms with Crippen molar-refractivity contribution in [3.63, 3.8) is 0 Å². The number of esters is 1. The van der Waals surface area contributed by atoms with Gasteiger partial charge in [0.05, 0.1) is 19.3 Å². The van der Waals surface area contributed by atoms with E-state index < -0.39 is 16.9 Å². The molecule has 0 aromatic heterocycles. The second kappa shape index (κ2) is 4.52. The Balaban J connectivity index is 1.65. The molecule has 1 aliphatic carbocycles. The van der Waals surface area contributed by atoms with Gasteiger partial charge in [-0.3, -0.25) is 9.69 Å². The maximum Gasteiger partial charge on any atom is 0.316 e. The van der Waals surface area contributed by atoms with Gasteiger partial charge in [-0.15, -0.1) is 0 Å². The Labute approximate surface area is 153 Å². The Bertz CT molecular complexity index is 867. The molecule has 5 fully saturated rings. The number of rotatable bonds is 1. The average molecular weight is 352 g/mol. The molecule has 5 heterocycles. The average Bonchev–Trinajstić information content (AvgIpc) is 3.13. The number of anilines is 1. The summed E-state index contributed by atoms with van der Waals surface area (Å²) in [5.41, 5.74) is 2.34. The van der Waals surface area contributed by atoms with Crippen LogP contribution in [0.25, 0.3) is 0 Å². The van der Waals surface area contributed by atoms with Crippen molar-refractivity contribution in [3.8, 4) is 0 Å². The summed E-state index contributed by atoms with van der Waals surface area (Å²) in [6.45, 7) is 2.96. The largest absolute Gasteiger partial charge is 0.468 e. The van der Waals surface area contributed by atoms with Gasteiger partial charge in [0, 0.05) is 35.6 Å². The van der Waals surface area contributed by atoms with Crippen LogP contribution < -0.4 is 5.32 Å². The summed E-state index contributed by atoms with van der Waals surface area (Å²) in [5.74, 6) is -0.154. The minimum atomic E-state index is -0.848. The number of nitrogens with zero attached hydrogens (tertiary/aromatic N) is 1. The molecule has 136 valence electrons. The van der Waals surface area contributed by atoms with E-state index in [0.717, 1.165) is 25.1 Å². The monoisotopic (exact) mass is 352 g/mol. The maximum atomic E-state index is 13.2. The number of fused-ring (bicyclic) bond motifs is 2. The molecule has 5 aliphatic heterocycles. The molecule has 26 heavy (non-hydrogen) atoms. The number of nitrogens with one attached hydrogen (secondary N) is 1.